The van der Waals surface area contributed by atoms with E-state index in [9.17, 15) is 9.59 Å². The van der Waals surface area contributed by atoms with Crippen LogP contribution in [-0.4, -0.2) is 36.7 Å². The van der Waals surface area contributed by atoms with Crippen molar-refractivity contribution in [2.45, 2.75) is 39.7 Å². The zero-order chi connectivity index (χ0) is 13.4. The van der Waals surface area contributed by atoms with E-state index in [1.165, 1.54) is 7.11 Å². The van der Waals surface area contributed by atoms with E-state index in [0.717, 1.165) is 0 Å². The number of nitrogens with one attached hydrogen (secondary N) is 1. The molecule has 2 N–H and O–H groups in total. The molecular weight excluding hydrogens is 222 g/mol. The molecule has 0 heterocycles. The average molecular weight is 245 g/mol. The van der Waals surface area contributed by atoms with Crippen LogP contribution in [0.15, 0.2) is 0 Å². The monoisotopic (exact) mass is 245 g/mol. The summed E-state index contributed by atoms with van der Waals surface area (Å²) in [7, 11) is 1.50. The molecule has 0 aromatic rings. The Labute approximate surface area is 103 Å². The largest absolute Gasteiger partial charge is 0.480 e. The van der Waals surface area contributed by atoms with Gasteiger partial charge in [0.15, 0.2) is 0 Å². The van der Waals surface area contributed by atoms with Gasteiger partial charge in [0.05, 0.1) is 0 Å². The molecule has 2 atom stereocenters. The number of carbonyl (C=O) groups is 2. The van der Waals surface area contributed by atoms with E-state index in [0.29, 0.717) is 18.9 Å². The molecule has 0 rings (SSSR count). The lowest BCUT2D eigenvalue weighted by molar-refractivity contribution is -0.142. The zero-order valence-electron chi connectivity index (χ0n) is 11.0. The molecule has 0 aromatic heterocycles. The van der Waals surface area contributed by atoms with Crippen molar-refractivity contribution < 1.29 is 19.4 Å². The van der Waals surface area contributed by atoms with E-state index in [4.69, 9.17) is 9.84 Å². The molecule has 5 heteroatoms. The van der Waals surface area contributed by atoms with Crippen molar-refractivity contribution in [3.63, 3.8) is 0 Å². The minimum absolute atomic E-state index is 0.213. The number of rotatable bonds is 8. The Morgan fingerprint density at radius 1 is 1.29 bits per heavy atom. The Hall–Kier alpha value is -1.10. The number of aliphatic carboxylic acids is 1. The Morgan fingerprint density at radius 3 is 2.29 bits per heavy atom. The highest BCUT2D eigenvalue weighted by molar-refractivity contribution is 5.83. The molecule has 17 heavy (non-hydrogen) atoms. The second-order valence-electron chi connectivity index (χ2n) is 4.67. The van der Waals surface area contributed by atoms with E-state index >= 15 is 0 Å². The molecule has 0 saturated heterocycles. The molecule has 0 spiro atoms. The van der Waals surface area contributed by atoms with Crippen LogP contribution >= 0.6 is 0 Å². The van der Waals surface area contributed by atoms with Crippen molar-refractivity contribution >= 4 is 11.9 Å². The van der Waals surface area contributed by atoms with E-state index < -0.39 is 12.0 Å². The molecule has 1 amide bonds. The molecule has 0 radical (unpaired) electrons. The van der Waals surface area contributed by atoms with E-state index in [-0.39, 0.29) is 18.2 Å². The summed E-state index contributed by atoms with van der Waals surface area (Å²) in [5.41, 5.74) is 0. The van der Waals surface area contributed by atoms with E-state index in [1.807, 2.05) is 20.8 Å². The molecule has 5 nitrogen and oxygen atoms in total. The highest BCUT2D eigenvalue weighted by Crippen LogP contribution is 2.13. The van der Waals surface area contributed by atoms with Crippen LogP contribution in [0.1, 0.15) is 33.6 Å². The molecule has 0 aromatic carbocycles. The predicted molar refractivity (Wildman–Crippen MR) is 64.7 cm³/mol. The van der Waals surface area contributed by atoms with Gasteiger partial charge in [-0.2, -0.15) is 0 Å². The van der Waals surface area contributed by atoms with Crippen molar-refractivity contribution in [1.82, 2.24) is 5.32 Å². The van der Waals surface area contributed by atoms with Crippen LogP contribution in [0.4, 0.5) is 0 Å². The average Bonchev–Trinajstić information content (AvgIpc) is 2.23. The van der Waals surface area contributed by atoms with Gasteiger partial charge in [-0.05, 0) is 11.8 Å². The second kappa shape index (κ2) is 8.06. The van der Waals surface area contributed by atoms with Crippen LogP contribution in [0.5, 0.6) is 0 Å². The maximum absolute atomic E-state index is 11.6. The second-order valence-corrected chi connectivity index (χ2v) is 4.67. The Morgan fingerprint density at radius 2 is 1.88 bits per heavy atom. The van der Waals surface area contributed by atoms with Crippen LogP contribution in [0.25, 0.3) is 0 Å². The summed E-state index contributed by atoms with van der Waals surface area (Å²) < 4.78 is 4.81. The SMILES string of the molecule is COCCC(NC(=O)CC(C)C(C)C)C(=O)O. The summed E-state index contributed by atoms with van der Waals surface area (Å²) in [5, 5.41) is 11.4. The number of hydrogen-bond acceptors (Lipinski definition) is 3. The number of hydrogen-bond donors (Lipinski definition) is 2. The number of methoxy groups -OCH3 is 1. The fraction of sp³-hybridized carbons (Fsp3) is 0.833. The fourth-order valence-corrected chi connectivity index (χ4v) is 1.27. The number of carbonyl (C=O) groups excluding carboxylic acids is 1. The van der Waals surface area contributed by atoms with Gasteiger partial charge in [-0.25, -0.2) is 4.79 Å². The Balaban J connectivity index is 4.16. The van der Waals surface area contributed by atoms with Crippen LogP contribution < -0.4 is 5.32 Å². The third kappa shape index (κ3) is 6.94. The number of carboxylic acid groups (broad SMARTS) is 1. The van der Waals surface area contributed by atoms with Gasteiger partial charge >= 0.3 is 5.97 Å². The van der Waals surface area contributed by atoms with Gasteiger partial charge in [0.25, 0.3) is 0 Å². The predicted octanol–water partition coefficient (Wildman–Crippen LogP) is 1.27. The first-order chi connectivity index (χ1) is 7.88. The van der Waals surface area contributed by atoms with Crippen LogP contribution in [0, 0.1) is 11.8 Å². The zero-order valence-corrected chi connectivity index (χ0v) is 11.0. The van der Waals surface area contributed by atoms with Crippen LogP contribution in [-0.2, 0) is 14.3 Å². The van der Waals surface area contributed by atoms with Gasteiger partial charge in [-0.15, -0.1) is 0 Å². The first kappa shape index (κ1) is 15.9. The molecule has 0 aliphatic carbocycles. The quantitative estimate of drug-likeness (QED) is 0.675. The lowest BCUT2D eigenvalue weighted by Gasteiger charge is -2.18. The third-order valence-corrected chi connectivity index (χ3v) is 2.89. The number of carboxylic acids is 1. The van der Waals surface area contributed by atoms with Gasteiger partial charge in [0.1, 0.15) is 6.04 Å². The van der Waals surface area contributed by atoms with Gasteiger partial charge in [-0.3, -0.25) is 4.79 Å². The normalized spacial score (nSPS) is 14.4. The van der Waals surface area contributed by atoms with Gasteiger partial charge in [0.2, 0.25) is 5.91 Å². The lowest BCUT2D eigenvalue weighted by Crippen LogP contribution is -2.42. The number of ether oxygens (including phenoxy) is 1. The molecule has 0 aliphatic heterocycles. The minimum Gasteiger partial charge on any atom is -0.480 e. The summed E-state index contributed by atoms with van der Waals surface area (Å²) >= 11 is 0. The van der Waals surface area contributed by atoms with Crippen molar-refractivity contribution in [2.75, 3.05) is 13.7 Å². The highest BCUT2D eigenvalue weighted by Gasteiger charge is 2.21. The highest BCUT2D eigenvalue weighted by atomic mass is 16.5. The topological polar surface area (TPSA) is 75.6 Å². The summed E-state index contributed by atoms with van der Waals surface area (Å²) in [6, 6.07) is -0.859. The Bertz CT molecular complexity index is 253. The Kier molecular flexibility index (Phi) is 7.54. The van der Waals surface area contributed by atoms with Crippen molar-refractivity contribution in [3.8, 4) is 0 Å². The first-order valence-electron chi connectivity index (χ1n) is 5.89. The van der Waals surface area contributed by atoms with Crippen molar-refractivity contribution in [3.05, 3.63) is 0 Å². The van der Waals surface area contributed by atoms with Crippen LogP contribution in [0.2, 0.25) is 0 Å². The van der Waals surface area contributed by atoms with Gasteiger partial charge in [-0.1, -0.05) is 20.8 Å². The smallest absolute Gasteiger partial charge is 0.326 e. The van der Waals surface area contributed by atoms with E-state index in [2.05, 4.69) is 5.32 Å². The molecule has 0 bridgehead atoms. The summed E-state index contributed by atoms with van der Waals surface area (Å²) in [5.74, 6) is -0.586. The molecule has 0 aliphatic rings. The van der Waals surface area contributed by atoms with Crippen molar-refractivity contribution in [2.24, 2.45) is 11.8 Å². The third-order valence-electron chi connectivity index (χ3n) is 2.89. The molecular formula is C12H23NO4. The van der Waals surface area contributed by atoms with E-state index in [1.54, 1.807) is 0 Å². The fourth-order valence-electron chi connectivity index (χ4n) is 1.27. The summed E-state index contributed by atoms with van der Waals surface area (Å²) in [6.07, 6.45) is 0.641. The van der Waals surface area contributed by atoms with Crippen LogP contribution in [0.3, 0.4) is 0 Å². The number of amides is 1. The molecule has 0 saturated carbocycles. The molecule has 100 valence electrons. The van der Waals surface area contributed by atoms with Crippen molar-refractivity contribution in [1.29, 1.82) is 0 Å². The van der Waals surface area contributed by atoms with Gasteiger partial charge in [0, 0.05) is 26.6 Å². The summed E-state index contributed by atoms with van der Waals surface area (Å²) in [6.45, 7) is 6.38. The maximum Gasteiger partial charge on any atom is 0.326 e. The molecule has 2 unspecified atom stereocenters. The van der Waals surface area contributed by atoms with Gasteiger partial charge < -0.3 is 15.2 Å². The standard InChI is InChI=1S/C12H23NO4/c1-8(2)9(3)7-11(14)13-10(12(15)16)5-6-17-4/h8-10H,5-7H2,1-4H3,(H,13,14)(H,15,16). The molecule has 0 fully saturated rings. The summed E-state index contributed by atoms with van der Waals surface area (Å²) in [4.78, 5) is 22.5. The lowest BCUT2D eigenvalue weighted by atomic mass is 9.94. The maximum atomic E-state index is 11.6. The minimum atomic E-state index is -1.02. The first-order valence-corrected chi connectivity index (χ1v) is 5.89.